The summed E-state index contributed by atoms with van der Waals surface area (Å²) in [6.45, 7) is 12.1. The van der Waals surface area contributed by atoms with E-state index < -0.39 is 8.32 Å². The van der Waals surface area contributed by atoms with Crippen molar-refractivity contribution >= 4 is 19.2 Å². The molecule has 0 unspecified atom stereocenters. The van der Waals surface area contributed by atoms with Crippen molar-refractivity contribution in [2.24, 2.45) is 0 Å². The van der Waals surface area contributed by atoms with Gasteiger partial charge in [-0.1, -0.05) is 57.2 Å². The summed E-state index contributed by atoms with van der Waals surface area (Å²) in [7, 11) is -1.85. The lowest BCUT2D eigenvalue weighted by Crippen LogP contribution is -2.40. The van der Waals surface area contributed by atoms with Gasteiger partial charge in [0.05, 0.1) is 12.1 Å². The Morgan fingerprint density at radius 3 is 2.29 bits per heavy atom. The molecule has 0 fully saturated rings. The topological polar surface area (TPSA) is 53.4 Å². The van der Waals surface area contributed by atoms with E-state index >= 15 is 0 Å². The first-order valence-corrected chi connectivity index (χ1v) is 14.5. The van der Waals surface area contributed by atoms with E-state index in [1.165, 1.54) is 0 Å². The lowest BCUT2D eigenvalue weighted by molar-refractivity contribution is 0.276. The van der Waals surface area contributed by atoms with Crippen LogP contribution in [-0.2, 0) is 17.6 Å². The smallest absolute Gasteiger partial charge is 0.256 e. The number of fused-ring (bicyclic) bond motifs is 1. The highest BCUT2D eigenvalue weighted by Crippen LogP contribution is 2.37. The molecule has 0 saturated heterocycles. The third-order valence-corrected chi connectivity index (χ3v) is 11.0. The maximum absolute atomic E-state index is 12.8. The zero-order valence-corrected chi connectivity index (χ0v) is 21.5. The SMILES string of the molecule is CC(C)(C)[Si](C)(C)OCc1ccc(-n2c(=O)ccc3ccc(OCc4ccccc4)cc32)nc1. The molecule has 5 nitrogen and oxygen atoms in total. The van der Waals surface area contributed by atoms with E-state index in [1.807, 2.05) is 66.7 Å². The molecule has 4 aromatic rings. The second kappa shape index (κ2) is 9.56. The molecule has 0 spiro atoms. The molecule has 4 rings (SSSR count). The Balaban J connectivity index is 1.59. The van der Waals surface area contributed by atoms with Crippen LogP contribution in [0.1, 0.15) is 31.9 Å². The second-order valence-electron chi connectivity index (χ2n) is 10.1. The van der Waals surface area contributed by atoms with Gasteiger partial charge in [0.25, 0.3) is 5.56 Å². The molecule has 0 amide bonds. The van der Waals surface area contributed by atoms with Crippen LogP contribution >= 0.6 is 0 Å². The van der Waals surface area contributed by atoms with Crippen LogP contribution < -0.4 is 10.3 Å². The van der Waals surface area contributed by atoms with Gasteiger partial charge in [-0.15, -0.1) is 0 Å². The Morgan fingerprint density at radius 1 is 0.882 bits per heavy atom. The third kappa shape index (κ3) is 5.29. The second-order valence-corrected chi connectivity index (χ2v) is 14.9. The fraction of sp³-hybridized carbons (Fsp3) is 0.286. The molecule has 2 aromatic heterocycles. The fourth-order valence-electron chi connectivity index (χ4n) is 3.39. The zero-order chi connectivity index (χ0) is 24.3. The van der Waals surface area contributed by atoms with Gasteiger partial charge >= 0.3 is 0 Å². The van der Waals surface area contributed by atoms with Gasteiger partial charge in [0.15, 0.2) is 8.32 Å². The number of hydrogen-bond donors (Lipinski definition) is 0. The van der Waals surface area contributed by atoms with Gasteiger partial charge in [-0.3, -0.25) is 9.36 Å². The molecule has 0 saturated carbocycles. The monoisotopic (exact) mass is 472 g/mol. The first kappa shape index (κ1) is 23.9. The maximum Gasteiger partial charge on any atom is 0.256 e. The van der Waals surface area contributed by atoms with E-state index in [1.54, 1.807) is 16.8 Å². The van der Waals surface area contributed by atoms with Crippen molar-refractivity contribution in [2.45, 2.75) is 52.1 Å². The Morgan fingerprint density at radius 2 is 1.62 bits per heavy atom. The number of pyridine rings is 2. The van der Waals surface area contributed by atoms with E-state index in [9.17, 15) is 4.79 Å². The number of rotatable bonds is 7. The van der Waals surface area contributed by atoms with Crippen LogP contribution in [0.15, 0.2) is 83.8 Å². The molecule has 0 aliphatic carbocycles. The van der Waals surface area contributed by atoms with E-state index in [0.29, 0.717) is 24.8 Å². The number of ether oxygens (including phenoxy) is 1. The van der Waals surface area contributed by atoms with Crippen LogP contribution in [0.4, 0.5) is 0 Å². The molecule has 2 aromatic carbocycles. The lowest BCUT2D eigenvalue weighted by Gasteiger charge is -2.36. The fourth-order valence-corrected chi connectivity index (χ4v) is 4.35. The summed E-state index contributed by atoms with van der Waals surface area (Å²) in [5.41, 5.74) is 2.71. The Labute approximate surface area is 202 Å². The van der Waals surface area contributed by atoms with Gasteiger partial charge < -0.3 is 9.16 Å². The van der Waals surface area contributed by atoms with Crippen molar-refractivity contribution < 1.29 is 9.16 Å². The summed E-state index contributed by atoms with van der Waals surface area (Å²) < 4.78 is 13.9. The summed E-state index contributed by atoms with van der Waals surface area (Å²) in [4.78, 5) is 17.4. The predicted molar refractivity (Wildman–Crippen MR) is 140 cm³/mol. The molecule has 0 aliphatic rings. The molecule has 0 N–H and O–H groups in total. The molecule has 2 heterocycles. The Kier molecular flexibility index (Phi) is 6.73. The number of benzene rings is 2. The van der Waals surface area contributed by atoms with Gasteiger partial charge in [-0.05, 0) is 58.9 Å². The highest BCUT2D eigenvalue weighted by Gasteiger charge is 2.37. The Bertz CT molecular complexity index is 1320. The third-order valence-electron chi connectivity index (χ3n) is 6.56. The van der Waals surface area contributed by atoms with E-state index in [4.69, 9.17) is 9.16 Å². The number of nitrogens with zero attached hydrogens (tertiary/aromatic N) is 2. The van der Waals surface area contributed by atoms with Crippen LogP contribution in [0.5, 0.6) is 5.75 Å². The quantitative estimate of drug-likeness (QED) is 0.289. The average molecular weight is 473 g/mol. The number of aromatic nitrogens is 2. The van der Waals surface area contributed by atoms with E-state index in [0.717, 1.165) is 22.0 Å². The van der Waals surface area contributed by atoms with Crippen molar-refractivity contribution in [3.05, 3.63) is 100 Å². The van der Waals surface area contributed by atoms with E-state index in [2.05, 4.69) is 38.8 Å². The van der Waals surface area contributed by atoms with Gasteiger partial charge in [0.1, 0.15) is 18.2 Å². The van der Waals surface area contributed by atoms with E-state index in [-0.39, 0.29) is 10.6 Å². The van der Waals surface area contributed by atoms with Crippen LogP contribution in [0.2, 0.25) is 18.1 Å². The highest BCUT2D eigenvalue weighted by molar-refractivity contribution is 6.74. The van der Waals surface area contributed by atoms with Crippen molar-refractivity contribution in [1.29, 1.82) is 0 Å². The molecule has 176 valence electrons. The number of hydrogen-bond acceptors (Lipinski definition) is 4. The molecule has 0 radical (unpaired) electrons. The van der Waals surface area contributed by atoms with Crippen LogP contribution in [-0.4, -0.2) is 17.9 Å². The summed E-state index contributed by atoms with van der Waals surface area (Å²) >= 11 is 0. The minimum Gasteiger partial charge on any atom is -0.489 e. The summed E-state index contributed by atoms with van der Waals surface area (Å²) in [5, 5.41) is 1.09. The van der Waals surface area contributed by atoms with Gasteiger partial charge in [-0.25, -0.2) is 4.98 Å². The largest absolute Gasteiger partial charge is 0.489 e. The van der Waals surface area contributed by atoms with Gasteiger partial charge in [0, 0.05) is 18.3 Å². The molecule has 0 aliphatic heterocycles. The summed E-state index contributed by atoms with van der Waals surface area (Å²) in [6, 6.07) is 23.1. The zero-order valence-electron chi connectivity index (χ0n) is 20.5. The Hall–Kier alpha value is -3.22. The van der Waals surface area contributed by atoms with Crippen molar-refractivity contribution in [3.8, 4) is 11.6 Å². The first-order valence-electron chi connectivity index (χ1n) is 11.6. The molecular formula is C28H32N2O3Si. The summed E-state index contributed by atoms with van der Waals surface area (Å²) in [5.74, 6) is 1.28. The van der Waals surface area contributed by atoms with Crippen molar-refractivity contribution in [2.75, 3.05) is 0 Å². The van der Waals surface area contributed by atoms with Gasteiger partial charge in [-0.2, -0.15) is 0 Å². The van der Waals surface area contributed by atoms with Crippen molar-refractivity contribution in [1.82, 2.24) is 9.55 Å². The minimum atomic E-state index is -1.85. The van der Waals surface area contributed by atoms with Crippen LogP contribution in [0.3, 0.4) is 0 Å². The first-order chi connectivity index (χ1) is 16.1. The van der Waals surface area contributed by atoms with Crippen molar-refractivity contribution in [3.63, 3.8) is 0 Å². The standard InChI is InChI=1S/C28H32N2O3Si/c1-28(2,3)34(4,5)33-20-22-11-15-26(29-18-22)30-25-17-24(14-12-23(25)13-16-27(30)31)32-19-21-9-7-6-8-10-21/h6-18H,19-20H2,1-5H3. The normalized spacial score (nSPS) is 12.1. The average Bonchev–Trinajstić information content (AvgIpc) is 2.82. The molecular weight excluding hydrogens is 440 g/mol. The molecule has 34 heavy (non-hydrogen) atoms. The summed E-state index contributed by atoms with van der Waals surface area (Å²) in [6.07, 6.45) is 1.80. The molecule has 0 atom stereocenters. The van der Waals surface area contributed by atoms with Gasteiger partial charge in [0.2, 0.25) is 0 Å². The minimum absolute atomic E-state index is 0.134. The molecule has 0 bridgehead atoms. The maximum atomic E-state index is 12.8. The predicted octanol–water partition coefficient (Wildman–Crippen LogP) is 6.49. The lowest BCUT2D eigenvalue weighted by atomic mass is 10.2. The van der Waals surface area contributed by atoms with Crippen LogP contribution in [0.25, 0.3) is 16.7 Å². The van der Waals surface area contributed by atoms with Crippen LogP contribution in [0, 0.1) is 0 Å². The highest BCUT2D eigenvalue weighted by atomic mass is 28.4. The molecule has 6 heteroatoms.